The lowest BCUT2D eigenvalue weighted by Gasteiger charge is -2.06. The summed E-state index contributed by atoms with van der Waals surface area (Å²) in [7, 11) is 2.10. The van der Waals surface area contributed by atoms with E-state index < -0.39 is 0 Å². The first-order chi connectivity index (χ1) is 11.2. The molecule has 0 radical (unpaired) electrons. The van der Waals surface area contributed by atoms with Crippen LogP contribution in [0, 0.1) is 11.3 Å². The van der Waals surface area contributed by atoms with Crippen molar-refractivity contribution in [3.8, 4) is 6.07 Å². The fourth-order valence-corrected chi connectivity index (χ4v) is 2.84. The van der Waals surface area contributed by atoms with Crippen LogP contribution in [0.1, 0.15) is 35.7 Å². The molecule has 1 saturated carbocycles. The SMILES string of the molecule is Cn1c(C2CC2)nc2cc(CNc3ccc(C#N)cn3)ccc21. The summed E-state index contributed by atoms with van der Waals surface area (Å²) in [6, 6.07) is 12.0. The summed E-state index contributed by atoms with van der Waals surface area (Å²) in [6.45, 7) is 0.685. The van der Waals surface area contributed by atoms with Crippen LogP contribution < -0.4 is 5.32 Å². The highest BCUT2D eigenvalue weighted by Crippen LogP contribution is 2.40. The van der Waals surface area contributed by atoms with Gasteiger partial charge in [0, 0.05) is 25.7 Å². The lowest BCUT2D eigenvalue weighted by molar-refractivity contribution is 0.820. The summed E-state index contributed by atoms with van der Waals surface area (Å²) in [6.07, 6.45) is 4.10. The number of nitrogens with one attached hydrogen (secondary N) is 1. The number of hydrogen-bond donors (Lipinski definition) is 1. The van der Waals surface area contributed by atoms with Crippen LogP contribution in [0.2, 0.25) is 0 Å². The van der Waals surface area contributed by atoms with Crippen molar-refractivity contribution in [3.63, 3.8) is 0 Å². The molecule has 5 heteroatoms. The number of aryl methyl sites for hydroxylation is 1. The zero-order chi connectivity index (χ0) is 15.8. The van der Waals surface area contributed by atoms with E-state index in [2.05, 4.69) is 46.2 Å². The number of hydrogen-bond acceptors (Lipinski definition) is 4. The summed E-state index contributed by atoms with van der Waals surface area (Å²) in [5, 5.41) is 12.1. The van der Waals surface area contributed by atoms with E-state index in [1.165, 1.54) is 29.7 Å². The van der Waals surface area contributed by atoms with Gasteiger partial charge in [0.25, 0.3) is 0 Å². The average Bonchev–Trinajstić information content (AvgIpc) is 3.38. The highest BCUT2D eigenvalue weighted by Gasteiger charge is 2.28. The Balaban J connectivity index is 1.53. The van der Waals surface area contributed by atoms with Crippen LogP contribution >= 0.6 is 0 Å². The van der Waals surface area contributed by atoms with E-state index in [9.17, 15) is 0 Å². The van der Waals surface area contributed by atoms with E-state index in [-0.39, 0.29) is 0 Å². The van der Waals surface area contributed by atoms with Crippen LogP contribution in [0.3, 0.4) is 0 Å². The molecule has 1 fully saturated rings. The standard InChI is InChI=1S/C18H17N5/c1-23-16-6-2-12(8-15(16)22-18(23)14-4-5-14)10-20-17-7-3-13(9-19)11-21-17/h2-3,6-8,11,14H,4-5,10H2,1H3,(H,20,21). The van der Waals surface area contributed by atoms with Gasteiger partial charge < -0.3 is 9.88 Å². The number of fused-ring (bicyclic) bond motifs is 1. The summed E-state index contributed by atoms with van der Waals surface area (Å²) in [5.41, 5.74) is 3.98. The molecular formula is C18H17N5. The van der Waals surface area contributed by atoms with Crippen molar-refractivity contribution in [1.82, 2.24) is 14.5 Å². The lowest BCUT2D eigenvalue weighted by atomic mass is 10.2. The molecule has 114 valence electrons. The molecule has 0 aliphatic heterocycles. The number of benzene rings is 1. The van der Waals surface area contributed by atoms with E-state index in [4.69, 9.17) is 10.2 Å². The number of imidazole rings is 1. The molecule has 5 nitrogen and oxygen atoms in total. The molecule has 4 rings (SSSR count). The van der Waals surface area contributed by atoms with Crippen LogP contribution in [0.4, 0.5) is 5.82 Å². The average molecular weight is 303 g/mol. The fourth-order valence-electron chi connectivity index (χ4n) is 2.84. The van der Waals surface area contributed by atoms with E-state index in [1.807, 2.05) is 6.07 Å². The Kier molecular flexibility index (Phi) is 3.23. The fraction of sp³-hybridized carbons (Fsp3) is 0.278. The topological polar surface area (TPSA) is 66.5 Å². The first-order valence-electron chi connectivity index (χ1n) is 7.80. The van der Waals surface area contributed by atoms with E-state index in [1.54, 1.807) is 12.3 Å². The predicted molar refractivity (Wildman–Crippen MR) is 89.0 cm³/mol. The van der Waals surface area contributed by atoms with Gasteiger partial charge in [0.05, 0.1) is 16.6 Å². The van der Waals surface area contributed by atoms with Crippen molar-refractivity contribution in [3.05, 3.63) is 53.5 Å². The monoisotopic (exact) mass is 303 g/mol. The maximum Gasteiger partial charge on any atom is 0.126 e. The Labute approximate surface area is 134 Å². The predicted octanol–water partition coefficient (Wildman–Crippen LogP) is 3.33. The van der Waals surface area contributed by atoms with Gasteiger partial charge in [-0.05, 0) is 42.7 Å². The minimum Gasteiger partial charge on any atom is -0.366 e. The van der Waals surface area contributed by atoms with Crippen molar-refractivity contribution in [2.24, 2.45) is 7.05 Å². The van der Waals surface area contributed by atoms with Crippen LogP contribution in [0.15, 0.2) is 36.5 Å². The van der Waals surface area contributed by atoms with Gasteiger partial charge in [0.15, 0.2) is 0 Å². The van der Waals surface area contributed by atoms with E-state index >= 15 is 0 Å². The number of anilines is 1. The second-order valence-corrected chi connectivity index (χ2v) is 6.02. The maximum absolute atomic E-state index is 8.79. The van der Waals surface area contributed by atoms with Gasteiger partial charge >= 0.3 is 0 Å². The molecule has 0 spiro atoms. The Morgan fingerprint density at radius 2 is 2.17 bits per heavy atom. The van der Waals surface area contributed by atoms with E-state index in [0.29, 0.717) is 18.0 Å². The molecule has 3 aromatic rings. The summed E-state index contributed by atoms with van der Waals surface area (Å²) < 4.78 is 2.21. The molecule has 0 amide bonds. The summed E-state index contributed by atoms with van der Waals surface area (Å²) in [4.78, 5) is 9.02. The highest BCUT2D eigenvalue weighted by molar-refractivity contribution is 5.77. The Morgan fingerprint density at radius 1 is 1.30 bits per heavy atom. The normalized spacial score (nSPS) is 13.9. The van der Waals surface area contributed by atoms with Gasteiger partial charge in [-0.25, -0.2) is 9.97 Å². The second kappa shape index (κ2) is 5.40. The quantitative estimate of drug-likeness (QED) is 0.803. The van der Waals surface area contributed by atoms with Crippen molar-refractivity contribution >= 4 is 16.9 Å². The molecule has 1 N–H and O–H groups in total. The second-order valence-electron chi connectivity index (χ2n) is 6.02. The smallest absolute Gasteiger partial charge is 0.126 e. The van der Waals surface area contributed by atoms with Crippen molar-refractivity contribution in [2.45, 2.75) is 25.3 Å². The highest BCUT2D eigenvalue weighted by atomic mass is 15.1. The van der Waals surface area contributed by atoms with Crippen molar-refractivity contribution in [2.75, 3.05) is 5.32 Å². The molecule has 23 heavy (non-hydrogen) atoms. The van der Waals surface area contributed by atoms with Crippen molar-refractivity contribution < 1.29 is 0 Å². The van der Waals surface area contributed by atoms with Crippen LogP contribution in [0.25, 0.3) is 11.0 Å². The van der Waals surface area contributed by atoms with Gasteiger partial charge in [-0.15, -0.1) is 0 Å². The molecule has 1 aromatic carbocycles. The Bertz CT molecular complexity index is 898. The third-order valence-corrected chi connectivity index (χ3v) is 4.29. The largest absolute Gasteiger partial charge is 0.366 e. The zero-order valence-electron chi connectivity index (χ0n) is 13.0. The molecule has 2 aromatic heterocycles. The van der Waals surface area contributed by atoms with Crippen LogP contribution in [-0.4, -0.2) is 14.5 Å². The molecule has 0 unspecified atom stereocenters. The lowest BCUT2D eigenvalue weighted by Crippen LogP contribution is -2.01. The van der Waals surface area contributed by atoms with Gasteiger partial charge in [0.1, 0.15) is 17.7 Å². The molecule has 1 aliphatic carbocycles. The first-order valence-corrected chi connectivity index (χ1v) is 7.80. The van der Waals surface area contributed by atoms with Gasteiger partial charge in [-0.1, -0.05) is 6.07 Å². The Morgan fingerprint density at radius 3 is 2.87 bits per heavy atom. The molecule has 0 bridgehead atoms. The minimum absolute atomic E-state index is 0.568. The Hall–Kier alpha value is -2.87. The van der Waals surface area contributed by atoms with Crippen LogP contribution in [-0.2, 0) is 13.6 Å². The number of nitrogens with zero attached hydrogens (tertiary/aromatic N) is 4. The number of pyridine rings is 1. The molecule has 0 saturated heterocycles. The van der Waals surface area contributed by atoms with E-state index in [0.717, 1.165) is 11.3 Å². The van der Waals surface area contributed by atoms with Gasteiger partial charge in [-0.2, -0.15) is 5.26 Å². The summed E-state index contributed by atoms with van der Waals surface area (Å²) >= 11 is 0. The molecule has 1 aliphatic rings. The third-order valence-electron chi connectivity index (χ3n) is 4.29. The molecule has 0 atom stereocenters. The minimum atomic E-state index is 0.568. The molecular weight excluding hydrogens is 286 g/mol. The number of nitriles is 1. The zero-order valence-corrected chi connectivity index (χ0v) is 13.0. The van der Waals surface area contributed by atoms with Crippen LogP contribution in [0.5, 0.6) is 0 Å². The first kappa shape index (κ1) is 13.8. The molecule has 2 heterocycles. The summed E-state index contributed by atoms with van der Waals surface area (Å²) in [5.74, 6) is 2.62. The van der Waals surface area contributed by atoms with Gasteiger partial charge in [-0.3, -0.25) is 0 Å². The number of rotatable bonds is 4. The number of aromatic nitrogens is 3. The maximum atomic E-state index is 8.79. The van der Waals surface area contributed by atoms with Gasteiger partial charge in [0.2, 0.25) is 0 Å². The third kappa shape index (κ3) is 2.64. The van der Waals surface area contributed by atoms with Crippen molar-refractivity contribution in [1.29, 1.82) is 5.26 Å².